The number of carbonyl (C=O) groups excluding carboxylic acids is 2. The van der Waals surface area contributed by atoms with Crippen LogP contribution >= 0.6 is 57.6 Å². The fourth-order valence-corrected chi connectivity index (χ4v) is 6.66. The number of carbonyl (C=O) groups is 3. The second-order valence-electron chi connectivity index (χ2n) is 6.50. The molecule has 0 aromatic carbocycles. The fraction of sp³-hybridized carbons (Fsp3) is 0.250. The van der Waals surface area contributed by atoms with Crippen molar-refractivity contribution in [3.8, 4) is 0 Å². The third-order valence-electron chi connectivity index (χ3n) is 4.69. The Bertz CT molecular complexity index is 1190. The number of carboxylic acid groups (broad SMARTS) is 1. The fourth-order valence-electron chi connectivity index (χ4n) is 3.39. The summed E-state index contributed by atoms with van der Waals surface area (Å²) in [6.07, 6.45) is 2.23. The predicted octanol–water partition coefficient (Wildman–Crippen LogP) is 2.24. The van der Waals surface area contributed by atoms with E-state index in [-0.39, 0.29) is 20.9 Å². The summed E-state index contributed by atoms with van der Waals surface area (Å²) in [7, 11) is 0. The highest BCUT2D eigenvalue weighted by atomic mass is 35.5. The molecular formula is C16H12Cl2N6O5S3. The van der Waals surface area contributed by atoms with Crippen molar-refractivity contribution in [2.24, 2.45) is 5.16 Å². The quantitative estimate of drug-likeness (QED) is 0.187. The zero-order valence-electron chi connectivity index (χ0n) is 15.6. The standard InChI is InChI=1S/C16H12Cl2N6O5S3/c17-6-3-20-16(31-6)30-5-2-1-4-7(13(26)24(4)10(5)14(27)28)21-12(25)9(23-29)8-11(18)32-15(19)22-8/h3-4,7,29H,1-2H2,(H2,19,22)(H,21,25)(H,27,28)/b23-9-. The molecule has 32 heavy (non-hydrogen) atoms. The number of allylic oxidation sites excluding steroid dienone is 1. The molecule has 16 heteroatoms. The Hall–Kier alpha value is -2.39. The van der Waals surface area contributed by atoms with Crippen molar-refractivity contribution in [3.05, 3.63) is 31.2 Å². The first-order valence-corrected chi connectivity index (χ1v) is 12.0. The van der Waals surface area contributed by atoms with Crippen LogP contribution in [0.2, 0.25) is 8.67 Å². The van der Waals surface area contributed by atoms with Gasteiger partial charge in [0, 0.05) is 4.91 Å². The van der Waals surface area contributed by atoms with Crippen molar-refractivity contribution in [1.29, 1.82) is 0 Å². The van der Waals surface area contributed by atoms with E-state index in [1.165, 1.54) is 17.5 Å². The largest absolute Gasteiger partial charge is 0.477 e. The van der Waals surface area contributed by atoms with Gasteiger partial charge >= 0.3 is 5.97 Å². The molecule has 1 saturated heterocycles. The molecule has 2 aromatic heterocycles. The molecule has 2 aromatic rings. The van der Waals surface area contributed by atoms with Crippen LogP contribution in [0.3, 0.4) is 0 Å². The number of oxime groups is 1. The Balaban J connectivity index is 1.53. The molecule has 2 atom stereocenters. The van der Waals surface area contributed by atoms with E-state index in [4.69, 9.17) is 28.9 Å². The highest BCUT2D eigenvalue weighted by Gasteiger charge is 2.54. The van der Waals surface area contributed by atoms with Gasteiger partial charge in [-0.1, -0.05) is 62.8 Å². The number of carboxylic acids is 1. The zero-order chi connectivity index (χ0) is 23.2. The number of nitrogens with two attached hydrogens (primary N) is 1. The summed E-state index contributed by atoms with van der Waals surface area (Å²) in [6.45, 7) is 0. The lowest BCUT2D eigenvalue weighted by molar-refractivity contribution is -0.155. The van der Waals surface area contributed by atoms with E-state index in [0.29, 0.717) is 26.4 Å². The maximum absolute atomic E-state index is 12.8. The maximum atomic E-state index is 12.8. The summed E-state index contributed by atoms with van der Waals surface area (Å²) in [5, 5.41) is 24.5. The minimum Gasteiger partial charge on any atom is -0.477 e. The maximum Gasteiger partial charge on any atom is 0.353 e. The third-order valence-corrected chi connectivity index (χ3v) is 8.11. The number of hydrogen-bond acceptors (Lipinski definition) is 11. The average Bonchev–Trinajstić information content (AvgIpc) is 3.30. The Morgan fingerprint density at radius 3 is 2.69 bits per heavy atom. The van der Waals surface area contributed by atoms with Crippen LogP contribution in [0.5, 0.6) is 0 Å². The Kier molecular flexibility index (Phi) is 6.31. The number of aromatic nitrogens is 2. The number of thiazole rings is 2. The summed E-state index contributed by atoms with van der Waals surface area (Å²) >= 11 is 15.1. The molecule has 2 aliphatic heterocycles. The topological polar surface area (TPSA) is 171 Å². The normalized spacial score (nSPS) is 20.8. The van der Waals surface area contributed by atoms with E-state index in [9.17, 15) is 24.7 Å². The van der Waals surface area contributed by atoms with Gasteiger partial charge in [-0.25, -0.2) is 14.8 Å². The minimum absolute atomic E-state index is 0.0460. The Labute approximate surface area is 201 Å². The number of halogens is 2. The van der Waals surface area contributed by atoms with E-state index in [1.807, 2.05) is 0 Å². The highest BCUT2D eigenvalue weighted by Crippen LogP contribution is 2.44. The molecule has 11 nitrogen and oxygen atoms in total. The van der Waals surface area contributed by atoms with Gasteiger partial charge in [-0.15, -0.1) is 0 Å². The number of nitrogen functional groups attached to an aromatic ring is 1. The van der Waals surface area contributed by atoms with Crippen molar-refractivity contribution in [2.45, 2.75) is 29.3 Å². The minimum atomic E-state index is -1.26. The van der Waals surface area contributed by atoms with Crippen molar-refractivity contribution < 1.29 is 24.7 Å². The number of aliphatic carboxylic acids is 1. The number of nitrogens with one attached hydrogen (secondary N) is 1. The number of nitrogens with zero attached hydrogens (tertiary/aromatic N) is 4. The molecule has 4 rings (SSSR count). The zero-order valence-corrected chi connectivity index (χ0v) is 19.6. The summed E-state index contributed by atoms with van der Waals surface area (Å²) in [5.74, 6) is -2.76. The van der Waals surface area contributed by atoms with Crippen molar-refractivity contribution in [3.63, 3.8) is 0 Å². The highest BCUT2D eigenvalue weighted by molar-refractivity contribution is 8.04. The van der Waals surface area contributed by atoms with Crippen LogP contribution in [-0.4, -0.2) is 60.8 Å². The number of β-lactam (4-membered cyclic amide) rings is 1. The molecule has 2 amide bonds. The summed E-state index contributed by atoms with van der Waals surface area (Å²) < 4.78 is 1.07. The molecule has 1 fully saturated rings. The third kappa shape index (κ3) is 4.03. The molecule has 2 aliphatic rings. The van der Waals surface area contributed by atoms with Crippen LogP contribution in [0.25, 0.3) is 0 Å². The Morgan fingerprint density at radius 1 is 1.38 bits per heavy atom. The van der Waals surface area contributed by atoms with Crippen molar-refractivity contribution >= 4 is 86.3 Å². The molecule has 0 bridgehead atoms. The first-order chi connectivity index (χ1) is 15.2. The van der Waals surface area contributed by atoms with E-state index in [2.05, 4.69) is 20.4 Å². The van der Waals surface area contributed by atoms with E-state index < -0.39 is 35.6 Å². The molecule has 2 unspecified atom stereocenters. The van der Waals surface area contributed by atoms with Crippen LogP contribution < -0.4 is 11.1 Å². The van der Waals surface area contributed by atoms with Gasteiger partial charge < -0.3 is 21.4 Å². The molecule has 4 heterocycles. The number of rotatable bonds is 6. The number of amides is 2. The lowest BCUT2D eigenvalue weighted by atomic mass is 9.86. The average molecular weight is 535 g/mol. The monoisotopic (exact) mass is 534 g/mol. The van der Waals surface area contributed by atoms with Gasteiger partial charge in [-0.2, -0.15) is 0 Å². The van der Waals surface area contributed by atoms with Crippen molar-refractivity contribution in [1.82, 2.24) is 20.2 Å². The second-order valence-corrected chi connectivity index (χ2v) is 11.1. The van der Waals surface area contributed by atoms with Crippen LogP contribution in [0.15, 0.2) is 26.3 Å². The molecule has 0 saturated carbocycles. The molecular weight excluding hydrogens is 523 g/mol. The second kappa shape index (κ2) is 8.86. The molecule has 5 N–H and O–H groups in total. The summed E-state index contributed by atoms with van der Waals surface area (Å²) in [6, 6.07) is -1.57. The van der Waals surface area contributed by atoms with E-state index in [0.717, 1.165) is 28.0 Å². The number of anilines is 1. The predicted molar refractivity (Wildman–Crippen MR) is 119 cm³/mol. The first kappa shape index (κ1) is 22.8. The molecule has 0 radical (unpaired) electrons. The lowest BCUT2D eigenvalue weighted by Gasteiger charge is -2.49. The van der Waals surface area contributed by atoms with Gasteiger partial charge in [0.1, 0.15) is 26.1 Å². The van der Waals surface area contributed by atoms with Gasteiger partial charge in [-0.05, 0) is 12.8 Å². The van der Waals surface area contributed by atoms with Gasteiger partial charge in [0.05, 0.1) is 12.2 Å². The first-order valence-electron chi connectivity index (χ1n) is 8.75. The summed E-state index contributed by atoms with van der Waals surface area (Å²) in [5.41, 5.74) is 4.78. The smallest absolute Gasteiger partial charge is 0.353 e. The molecule has 0 aliphatic carbocycles. The van der Waals surface area contributed by atoms with Gasteiger partial charge in [-0.3, -0.25) is 14.5 Å². The number of hydrogen-bond donors (Lipinski definition) is 4. The summed E-state index contributed by atoms with van der Waals surface area (Å²) in [4.78, 5) is 46.9. The van der Waals surface area contributed by atoms with Gasteiger partial charge in [0.25, 0.3) is 11.8 Å². The van der Waals surface area contributed by atoms with Gasteiger partial charge in [0.2, 0.25) is 0 Å². The van der Waals surface area contributed by atoms with Crippen LogP contribution in [0, 0.1) is 0 Å². The Morgan fingerprint density at radius 2 is 2.12 bits per heavy atom. The number of fused-ring (bicyclic) bond motifs is 1. The van der Waals surface area contributed by atoms with Crippen LogP contribution in [0.4, 0.5) is 5.13 Å². The van der Waals surface area contributed by atoms with E-state index >= 15 is 0 Å². The SMILES string of the molecule is Nc1nc(/C(=N/O)C(=O)NC2C(=O)N3C(C(=O)O)=C(Sc4ncc(Cl)s4)CCC23)c(Cl)s1. The van der Waals surface area contributed by atoms with Gasteiger partial charge in [0.15, 0.2) is 15.2 Å². The molecule has 0 spiro atoms. The number of thioether (sulfide) groups is 1. The molecule has 168 valence electrons. The van der Waals surface area contributed by atoms with Crippen LogP contribution in [0.1, 0.15) is 18.5 Å². The van der Waals surface area contributed by atoms with Crippen LogP contribution in [-0.2, 0) is 14.4 Å². The lowest BCUT2D eigenvalue weighted by Crippen LogP contribution is -2.72. The van der Waals surface area contributed by atoms with Crippen molar-refractivity contribution in [2.75, 3.05) is 5.73 Å². The van der Waals surface area contributed by atoms with E-state index in [1.54, 1.807) is 0 Å².